The van der Waals surface area contributed by atoms with Crippen LogP contribution in [0.25, 0.3) is 0 Å². The maximum absolute atomic E-state index is 8.63. The van der Waals surface area contributed by atoms with Gasteiger partial charge in [-0.1, -0.05) is 59.8 Å². The van der Waals surface area contributed by atoms with E-state index in [1.807, 2.05) is 24.3 Å². The zero-order chi connectivity index (χ0) is 14.7. The van der Waals surface area contributed by atoms with Crippen LogP contribution in [-0.2, 0) is 6.54 Å². The zero-order valence-electron chi connectivity index (χ0n) is 11.7. The van der Waals surface area contributed by atoms with Crippen LogP contribution in [0.4, 0.5) is 0 Å². The van der Waals surface area contributed by atoms with E-state index in [0.29, 0.717) is 12.0 Å². The van der Waals surface area contributed by atoms with Gasteiger partial charge >= 0.3 is 0 Å². The van der Waals surface area contributed by atoms with E-state index in [1.54, 1.807) is 0 Å². The lowest BCUT2D eigenvalue weighted by atomic mass is 10.1. The van der Waals surface area contributed by atoms with Crippen LogP contribution >= 0.6 is 0 Å². The van der Waals surface area contributed by atoms with Crippen LogP contribution in [-0.4, -0.2) is 17.1 Å². The molecule has 21 heavy (non-hydrogen) atoms. The molecule has 1 fully saturated rings. The van der Waals surface area contributed by atoms with Gasteiger partial charge in [-0.2, -0.15) is 0 Å². The molecular formula is C17H19N3O. The molecule has 0 aliphatic heterocycles. The molecule has 4 heteroatoms. The van der Waals surface area contributed by atoms with E-state index < -0.39 is 0 Å². The predicted molar refractivity (Wildman–Crippen MR) is 83.4 cm³/mol. The SMILES string of the molecule is NC(=NO)c1ccc(CNC2CC2c2ccccc2)cc1. The summed E-state index contributed by atoms with van der Waals surface area (Å²) in [6.07, 6.45) is 1.20. The van der Waals surface area contributed by atoms with Crippen molar-refractivity contribution in [3.8, 4) is 0 Å². The van der Waals surface area contributed by atoms with Crippen LogP contribution in [0.2, 0.25) is 0 Å². The number of hydrogen-bond acceptors (Lipinski definition) is 3. The van der Waals surface area contributed by atoms with E-state index in [1.165, 1.54) is 17.5 Å². The number of hydrogen-bond donors (Lipinski definition) is 3. The highest BCUT2D eigenvalue weighted by Crippen LogP contribution is 2.40. The van der Waals surface area contributed by atoms with Crippen molar-refractivity contribution < 1.29 is 5.21 Å². The van der Waals surface area contributed by atoms with Gasteiger partial charge in [-0.25, -0.2) is 0 Å². The second-order valence-electron chi connectivity index (χ2n) is 5.42. The van der Waals surface area contributed by atoms with Crippen molar-refractivity contribution in [1.29, 1.82) is 0 Å². The summed E-state index contributed by atoms with van der Waals surface area (Å²) < 4.78 is 0. The number of nitrogens with one attached hydrogen (secondary N) is 1. The highest BCUT2D eigenvalue weighted by molar-refractivity contribution is 5.96. The monoisotopic (exact) mass is 281 g/mol. The van der Waals surface area contributed by atoms with Crippen molar-refractivity contribution in [3.63, 3.8) is 0 Å². The molecule has 0 radical (unpaired) electrons. The Morgan fingerprint density at radius 3 is 2.52 bits per heavy atom. The quantitative estimate of drug-likeness (QED) is 0.341. The molecule has 2 atom stereocenters. The normalized spacial score (nSPS) is 21.2. The number of nitrogens with zero attached hydrogens (tertiary/aromatic N) is 1. The van der Waals surface area contributed by atoms with Crippen LogP contribution < -0.4 is 11.1 Å². The molecule has 4 nitrogen and oxygen atoms in total. The van der Waals surface area contributed by atoms with E-state index in [0.717, 1.165) is 12.1 Å². The lowest BCUT2D eigenvalue weighted by Gasteiger charge is -2.06. The fourth-order valence-corrected chi connectivity index (χ4v) is 2.59. The van der Waals surface area contributed by atoms with Gasteiger partial charge in [-0.05, 0) is 17.5 Å². The van der Waals surface area contributed by atoms with Gasteiger partial charge in [0.05, 0.1) is 0 Å². The Hall–Kier alpha value is -2.33. The summed E-state index contributed by atoms with van der Waals surface area (Å²) in [4.78, 5) is 0. The molecule has 0 amide bonds. The number of rotatable bonds is 5. The first-order valence-electron chi connectivity index (χ1n) is 7.13. The summed E-state index contributed by atoms with van der Waals surface area (Å²) in [5.41, 5.74) is 8.89. The molecule has 108 valence electrons. The number of amidine groups is 1. The van der Waals surface area contributed by atoms with E-state index >= 15 is 0 Å². The van der Waals surface area contributed by atoms with E-state index in [2.05, 4.69) is 40.8 Å². The van der Waals surface area contributed by atoms with Crippen LogP contribution in [0.5, 0.6) is 0 Å². The van der Waals surface area contributed by atoms with Gasteiger partial charge in [0.25, 0.3) is 0 Å². The molecular weight excluding hydrogens is 262 g/mol. The van der Waals surface area contributed by atoms with Crippen LogP contribution in [0.1, 0.15) is 29.0 Å². The van der Waals surface area contributed by atoms with Gasteiger partial charge in [0.2, 0.25) is 0 Å². The van der Waals surface area contributed by atoms with E-state index in [4.69, 9.17) is 10.9 Å². The van der Waals surface area contributed by atoms with Gasteiger partial charge in [0, 0.05) is 24.1 Å². The van der Waals surface area contributed by atoms with Crippen molar-refractivity contribution in [3.05, 3.63) is 71.3 Å². The van der Waals surface area contributed by atoms with Gasteiger partial charge in [-0.15, -0.1) is 0 Å². The molecule has 1 aliphatic rings. The number of benzene rings is 2. The minimum Gasteiger partial charge on any atom is -0.409 e. The van der Waals surface area contributed by atoms with Crippen LogP contribution in [0.15, 0.2) is 59.8 Å². The first-order chi connectivity index (χ1) is 10.3. The second kappa shape index (κ2) is 5.97. The van der Waals surface area contributed by atoms with Crippen molar-refractivity contribution >= 4 is 5.84 Å². The van der Waals surface area contributed by atoms with Crippen molar-refractivity contribution in [1.82, 2.24) is 5.32 Å². The molecule has 4 N–H and O–H groups in total. The molecule has 0 aromatic heterocycles. The topological polar surface area (TPSA) is 70.6 Å². The smallest absolute Gasteiger partial charge is 0.170 e. The summed E-state index contributed by atoms with van der Waals surface area (Å²) in [7, 11) is 0. The molecule has 2 aromatic carbocycles. The fraction of sp³-hybridized carbons (Fsp3) is 0.235. The Balaban J connectivity index is 1.53. The minimum absolute atomic E-state index is 0.140. The van der Waals surface area contributed by atoms with Gasteiger partial charge < -0.3 is 16.3 Å². The third-order valence-corrected chi connectivity index (χ3v) is 3.94. The molecule has 0 heterocycles. The third-order valence-electron chi connectivity index (χ3n) is 3.94. The average Bonchev–Trinajstić information content (AvgIpc) is 3.33. The van der Waals surface area contributed by atoms with E-state index in [9.17, 15) is 0 Å². The maximum atomic E-state index is 8.63. The number of nitrogens with two attached hydrogens (primary N) is 1. The molecule has 3 rings (SSSR count). The molecule has 0 saturated heterocycles. The summed E-state index contributed by atoms with van der Waals surface area (Å²) in [6.45, 7) is 0.838. The van der Waals surface area contributed by atoms with Gasteiger partial charge in [-0.3, -0.25) is 0 Å². The molecule has 1 saturated carbocycles. The highest BCUT2D eigenvalue weighted by atomic mass is 16.4. The largest absolute Gasteiger partial charge is 0.409 e. The predicted octanol–water partition coefficient (Wildman–Crippen LogP) is 2.43. The second-order valence-corrected chi connectivity index (χ2v) is 5.42. The first kappa shape index (κ1) is 13.6. The number of oxime groups is 1. The standard InChI is InChI=1S/C17H19N3O/c18-17(20-21)14-8-6-12(7-9-14)11-19-16-10-15(16)13-4-2-1-3-5-13/h1-9,15-16,19,21H,10-11H2,(H2,18,20). The van der Waals surface area contributed by atoms with Crippen LogP contribution in [0.3, 0.4) is 0 Å². The molecule has 0 bridgehead atoms. The summed E-state index contributed by atoms with van der Waals surface area (Å²) in [5.74, 6) is 0.781. The Bertz CT molecular complexity index is 622. The Labute approximate surface area is 124 Å². The minimum atomic E-state index is 0.140. The Kier molecular flexibility index (Phi) is 3.88. The lowest BCUT2D eigenvalue weighted by Crippen LogP contribution is -2.17. The molecule has 2 aromatic rings. The third kappa shape index (κ3) is 3.23. The summed E-state index contributed by atoms with van der Waals surface area (Å²) >= 11 is 0. The molecule has 0 spiro atoms. The lowest BCUT2D eigenvalue weighted by molar-refractivity contribution is 0.318. The first-order valence-corrected chi connectivity index (χ1v) is 7.13. The van der Waals surface area contributed by atoms with Crippen molar-refractivity contribution in [2.75, 3.05) is 0 Å². The molecule has 2 unspecified atom stereocenters. The highest BCUT2D eigenvalue weighted by Gasteiger charge is 2.37. The van der Waals surface area contributed by atoms with Gasteiger partial charge in [0.1, 0.15) is 0 Å². The Morgan fingerprint density at radius 1 is 1.14 bits per heavy atom. The maximum Gasteiger partial charge on any atom is 0.170 e. The van der Waals surface area contributed by atoms with Crippen molar-refractivity contribution in [2.24, 2.45) is 10.9 Å². The summed E-state index contributed by atoms with van der Waals surface area (Å²) in [5, 5.41) is 15.2. The van der Waals surface area contributed by atoms with Crippen molar-refractivity contribution in [2.45, 2.75) is 24.9 Å². The Morgan fingerprint density at radius 2 is 1.86 bits per heavy atom. The fourth-order valence-electron chi connectivity index (χ4n) is 2.59. The van der Waals surface area contributed by atoms with Crippen LogP contribution in [0, 0.1) is 0 Å². The van der Waals surface area contributed by atoms with E-state index in [-0.39, 0.29) is 5.84 Å². The average molecular weight is 281 g/mol. The zero-order valence-corrected chi connectivity index (χ0v) is 11.7. The van der Waals surface area contributed by atoms with Gasteiger partial charge in [0.15, 0.2) is 5.84 Å². The summed E-state index contributed by atoms with van der Waals surface area (Å²) in [6, 6.07) is 18.9. The molecule has 1 aliphatic carbocycles.